The predicted molar refractivity (Wildman–Crippen MR) is 65.2 cm³/mol. The van der Waals surface area contributed by atoms with E-state index in [1.54, 1.807) is 0 Å². The van der Waals surface area contributed by atoms with Gasteiger partial charge in [0.15, 0.2) is 0 Å². The molecule has 0 saturated heterocycles. The molecule has 0 spiro atoms. The molecule has 0 amide bonds. The molecule has 0 saturated carbocycles. The van der Waals surface area contributed by atoms with Gasteiger partial charge in [0.05, 0.1) is 0 Å². The number of rotatable bonds is 3. The summed E-state index contributed by atoms with van der Waals surface area (Å²) < 4.78 is 0. The zero-order valence-electron chi connectivity index (χ0n) is 10.1. The summed E-state index contributed by atoms with van der Waals surface area (Å²) in [6.07, 6.45) is 5.62. The Morgan fingerprint density at radius 1 is 1.31 bits per heavy atom. The van der Waals surface area contributed by atoms with Crippen LogP contribution in [0.1, 0.15) is 56.1 Å². The van der Waals surface area contributed by atoms with Gasteiger partial charge in [-0.15, -0.1) is 0 Å². The lowest BCUT2D eigenvalue weighted by molar-refractivity contribution is 0.626. The Morgan fingerprint density at radius 2 is 2.06 bits per heavy atom. The van der Waals surface area contributed by atoms with Crippen molar-refractivity contribution in [1.29, 1.82) is 0 Å². The van der Waals surface area contributed by atoms with Crippen LogP contribution in [0.2, 0.25) is 0 Å². The molecular formula is C12H20N4. The first-order valence-corrected chi connectivity index (χ1v) is 6.12. The van der Waals surface area contributed by atoms with Gasteiger partial charge < -0.3 is 5.43 Å². The largest absolute Gasteiger partial charge is 0.308 e. The Hall–Kier alpha value is -1.16. The highest BCUT2D eigenvalue weighted by Gasteiger charge is 2.18. The SMILES string of the molecule is CCC(C)c1nc2c(c(NN)n1)CCCC2. The lowest BCUT2D eigenvalue weighted by atomic mass is 9.96. The van der Waals surface area contributed by atoms with Crippen LogP contribution in [0.15, 0.2) is 0 Å². The van der Waals surface area contributed by atoms with Gasteiger partial charge in [-0.05, 0) is 32.1 Å². The number of hydrogen-bond donors (Lipinski definition) is 2. The number of aryl methyl sites for hydroxylation is 1. The summed E-state index contributed by atoms with van der Waals surface area (Å²) in [5.74, 6) is 7.71. The first kappa shape index (κ1) is 11.3. The van der Waals surface area contributed by atoms with Crippen LogP contribution in [0.5, 0.6) is 0 Å². The number of nitrogens with zero attached hydrogens (tertiary/aromatic N) is 2. The maximum absolute atomic E-state index is 5.54. The summed E-state index contributed by atoms with van der Waals surface area (Å²) in [4.78, 5) is 9.21. The minimum absolute atomic E-state index is 0.402. The summed E-state index contributed by atoms with van der Waals surface area (Å²) >= 11 is 0. The molecule has 1 heterocycles. The maximum atomic E-state index is 5.54. The molecule has 0 bridgehead atoms. The van der Waals surface area contributed by atoms with E-state index in [1.165, 1.54) is 24.1 Å². The second kappa shape index (κ2) is 4.78. The fraction of sp³-hybridized carbons (Fsp3) is 0.667. The second-order valence-corrected chi connectivity index (χ2v) is 4.52. The van der Waals surface area contributed by atoms with Crippen molar-refractivity contribution in [1.82, 2.24) is 9.97 Å². The topological polar surface area (TPSA) is 63.8 Å². The van der Waals surface area contributed by atoms with Gasteiger partial charge in [-0.2, -0.15) is 0 Å². The average Bonchev–Trinajstić information content (AvgIpc) is 2.36. The molecule has 0 fully saturated rings. The molecule has 3 N–H and O–H groups in total. The van der Waals surface area contributed by atoms with E-state index in [4.69, 9.17) is 5.84 Å². The number of aromatic nitrogens is 2. The van der Waals surface area contributed by atoms with E-state index in [9.17, 15) is 0 Å². The molecule has 0 aliphatic heterocycles. The zero-order valence-corrected chi connectivity index (χ0v) is 10.1. The van der Waals surface area contributed by atoms with E-state index in [-0.39, 0.29) is 0 Å². The van der Waals surface area contributed by atoms with Crippen molar-refractivity contribution in [2.75, 3.05) is 5.43 Å². The third-order valence-electron chi connectivity index (χ3n) is 3.39. The Bertz CT molecular complexity index is 358. The molecule has 1 aliphatic rings. The van der Waals surface area contributed by atoms with Crippen LogP contribution >= 0.6 is 0 Å². The van der Waals surface area contributed by atoms with Crippen LogP contribution in [-0.2, 0) is 12.8 Å². The fourth-order valence-corrected chi connectivity index (χ4v) is 2.14. The molecule has 4 heteroatoms. The number of nitrogens with one attached hydrogen (secondary N) is 1. The van der Waals surface area contributed by atoms with Gasteiger partial charge >= 0.3 is 0 Å². The summed E-state index contributed by atoms with van der Waals surface area (Å²) in [6.45, 7) is 4.31. The predicted octanol–water partition coefficient (Wildman–Crippen LogP) is 2.15. The number of nitrogen functional groups attached to an aromatic ring is 1. The highest BCUT2D eigenvalue weighted by atomic mass is 15.3. The van der Waals surface area contributed by atoms with E-state index in [0.29, 0.717) is 5.92 Å². The van der Waals surface area contributed by atoms with Crippen molar-refractivity contribution in [3.63, 3.8) is 0 Å². The average molecular weight is 220 g/mol. The molecule has 0 aromatic carbocycles. The Balaban J connectivity index is 2.43. The molecule has 0 radical (unpaired) electrons. The molecule has 88 valence electrons. The van der Waals surface area contributed by atoms with E-state index in [1.807, 2.05) is 0 Å². The van der Waals surface area contributed by atoms with Crippen LogP contribution in [0.4, 0.5) is 5.82 Å². The molecule has 1 aromatic rings. The van der Waals surface area contributed by atoms with Gasteiger partial charge in [0.25, 0.3) is 0 Å². The molecule has 1 atom stereocenters. The Labute approximate surface area is 96.6 Å². The fourth-order valence-electron chi connectivity index (χ4n) is 2.14. The van der Waals surface area contributed by atoms with E-state index in [0.717, 1.165) is 30.9 Å². The number of hydrogen-bond acceptors (Lipinski definition) is 4. The van der Waals surface area contributed by atoms with Gasteiger partial charge in [0.2, 0.25) is 0 Å². The normalized spacial score (nSPS) is 16.7. The van der Waals surface area contributed by atoms with Crippen LogP contribution in [0.3, 0.4) is 0 Å². The summed E-state index contributed by atoms with van der Waals surface area (Å²) in [5, 5.41) is 0. The second-order valence-electron chi connectivity index (χ2n) is 4.52. The zero-order chi connectivity index (χ0) is 11.5. The van der Waals surface area contributed by atoms with Gasteiger partial charge in [0.1, 0.15) is 11.6 Å². The summed E-state index contributed by atoms with van der Waals surface area (Å²) in [5.41, 5.74) is 5.14. The van der Waals surface area contributed by atoms with Crippen molar-refractivity contribution in [2.45, 2.75) is 51.9 Å². The van der Waals surface area contributed by atoms with E-state index < -0.39 is 0 Å². The Morgan fingerprint density at radius 3 is 2.75 bits per heavy atom. The molecule has 1 unspecified atom stereocenters. The van der Waals surface area contributed by atoms with Crippen molar-refractivity contribution in [2.24, 2.45) is 5.84 Å². The molecule has 4 nitrogen and oxygen atoms in total. The number of anilines is 1. The third kappa shape index (κ3) is 2.02. The number of nitrogens with two attached hydrogens (primary N) is 1. The molecular weight excluding hydrogens is 200 g/mol. The molecule has 1 aliphatic carbocycles. The minimum atomic E-state index is 0.402. The van der Waals surface area contributed by atoms with Gasteiger partial charge in [-0.25, -0.2) is 15.8 Å². The molecule has 2 rings (SSSR count). The lowest BCUT2D eigenvalue weighted by Gasteiger charge is -2.20. The van der Waals surface area contributed by atoms with Gasteiger partial charge in [0, 0.05) is 17.2 Å². The van der Waals surface area contributed by atoms with Crippen molar-refractivity contribution >= 4 is 5.82 Å². The monoisotopic (exact) mass is 220 g/mol. The lowest BCUT2D eigenvalue weighted by Crippen LogP contribution is -2.18. The Kier molecular flexibility index (Phi) is 3.39. The number of fused-ring (bicyclic) bond motifs is 1. The molecule has 1 aromatic heterocycles. The smallest absolute Gasteiger partial charge is 0.147 e. The minimum Gasteiger partial charge on any atom is -0.308 e. The van der Waals surface area contributed by atoms with E-state index in [2.05, 4.69) is 29.2 Å². The standard InChI is InChI=1S/C12H20N4/c1-3-8(2)11-14-10-7-5-4-6-9(10)12(15-11)16-13/h8H,3-7,13H2,1-2H3,(H,14,15,16). The van der Waals surface area contributed by atoms with Crippen LogP contribution in [-0.4, -0.2) is 9.97 Å². The summed E-state index contributed by atoms with van der Waals surface area (Å²) in [6, 6.07) is 0. The first-order valence-electron chi connectivity index (χ1n) is 6.12. The quantitative estimate of drug-likeness (QED) is 0.605. The van der Waals surface area contributed by atoms with Gasteiger partial charge in [-0.3, -0.25) is 0 Å². The molecule has 16 heavy (non-hydrogen) atoms. The van der Waals surface area contributed by atoms with Crippen LogP contribution in [0, 0.1) is 0 Å². The summed E-state index contributed by atoms with van der Waals surface area (Å²) in [7, 11) is 0. The van der Waals surface area contributed by atoms with Crippen LogP contribution in [0.25, 0.3) is 0 Å². The van der Waals surface area contributed by atoms with Crippen molar-refractivity contribution in [3.8, 4) is 0 Å². The van der Waals surface area contributed by atoms with E-state index >= 15 is 0 Å². The third-order valence-corrected chi connectivity index (χ3v) is 3.39. The van der Waals surface area contributed by atoms with Crippen molar-refractivity contribution < 1.29 is 0 Å². The maximum Gasteiger partial charge on any atom is 0.147 e. The highest BCUT2D eigenvalue weighted by Crippen LogP contribution is 2.27. The van der Waals surface area contributed by atoms with Gasteiger partial charge in [-0.1, -0.05) is 13.8 Å². The number of hydrazine groups is 1. The highest BCUT2D eigenvalue weighted by molar-refractivity contribution is 5.47. The van der Waals surface area contributed by atoms with Crippen molar-refractivity contribution in [3.05, 3.63) is 17.1 Å². The first-order chi connectivity index (χ1) is 7.76. The van der Waals surface area contributed by atoms with Crippen LogP contribution < -0.4 is 11.3 Å².